The van der Waals surface area contributed by atoms with Crippen molar-refractivity contribution in [3.63, 3.8) is 0 Å². The summed E-state index contributed by atoms with van der Waals surface area (Å²) in [5.74, 6) is 0.654. The maximum Gasteiger partial charge on any atom is 0.321 e. The standard InChI is InChI=1S/C23H26N4O5/c1-24-23(30)25-21(28)20(16-7-3-2-4-8-16)26-11-13-27(14-12-26)22(29)19-15-31-17-9-5-6-10-18(17)32-19/h2-10,19-20H,11-15H2,1H3,(H2,24,25,28,30)/t19-,20+/m0/s1. The molecule has 0 spiro atoms. The molecular weight excluding hydrogens is 412 g/mol. The zero-order valence-electron chi connectivity index (χ0n) is 17.8. The maximum atomic E-state index is 13.0. The van der Waals surface area contributed by atoms with E-state index in [1.807, 2.05) is 53.4 Å². The molecule has 0 radical (unpaired) electrons. The minimum atomic E-state index is -0.696. The van der Waals surface area contributed by atoms with Crippen LogP contribution in [0.4, 0.5) is 4.79 Å². The van der Waals surface area contributed by atoms with Gasteiger partial charge in [0.25, 0.3) is 5.91 Å². The monoisotopic (exact) mass is 438 g/mol. The molecule has 168 valence electrons. The molecule has 9 nitrogen and oxygen atoms in total. The normalized spacial score (nSPS) is 19.0. The van der Waals surface area contributed by atoms with Crippen molar-refractivity contribution < 1.29 is 23.9 Å². The van der Waals surface area contributed by atoms with Gasteiger partial charge in [-0.1, -0.05) is 42.5 Å². The van der Waals surface area contributed by atoms with E-state index in [9.17, 15) is 14.4 Å². The van der Waals surface area contributed by atoms with Crippen molar-refractivity contribution in [2.24, 2.45) is 0 Å². The van der Waals surface area contributed by atoms with Crippen molar-refractivity contribution in [2.45, 2.75) is 12.1 Å². The number of carbonyl (C=O) groups excluding carboxylic acids is 3. The first kappa shape index (κ1) is 21.6. The maximum absolute atomic E-state index is 13.0. The van der Waals surface area contributed by atoms with Crippen molar-refractivity contribution >= 4 is 17.8 Å². The molecule has 1 fully saturated rings. The summed E-state index contributed by atoms with van der Waals surface area (Å²) in [5.41, 5.74) is 0.786. The summed E-state index contributed by atoms with van der Waals surface area (Å²) < 4.78 is 11.5. The number of hydrogen-bond donors (Lipinski definition) is 2. The van der Waals surface area contributed by atoms with E-state index in [1.54, 1.807) is 11.0 Å². The highest BCUT2D eigenvalue weighted by atomic mass is 16.6. The summed E-state index contributed by atoms with van der Waals surface area (Å²) >= 11 is 0. The van der Waals surface area contributed by atoms with Crippen LogP contribution in [0.25, 0.3) is 0 Å². The van der Waals surface area contributed by atoms with Crippen molar-refractivity contribution in [1.82, 2.24) is 20.4 Å². The summed E-state index contributed by atoms with van der Waals surface area (Å²) in [5, 5.41) is 4.78. The molecule has 2 N–H and O–H groups in total. The number of nitrogens with zero attached hydrogens (tertiary/aromatic N) is 2. The van der Waals surface area contributed by atoms with Gasteiger partial charge in [0.05, 0.1) is 0 Å². The van der Waals surface area contributed by atoms with Gasteiger partial charge in [-0.05, 0) is 17.7 Å². The van der Waals surface area contributed by atoms with Gasteiger partial charge in [-0.3, -0.25) is 19.8 Å². The van der Waals surface area contributed by atoms with Crippen LogP contribution in [0.3, 0.4) is 0 Å². The highest BCUT2D eigenvalue weighted by molar-refractivity contribution is 5.97. The predicted molar refractivity (Wildman–Crippen MR) is 116 cm³/mol. The third kappa shape index (κ3) is 4.67. The lowest BCUT2D eigenvalue weighted by Gasteiger charge is -2.40. The first-order valence-corrected chi connectivity index (χ1v) is 10.6. The number of benzene rings is 2. The Labute approximate surface area is 186 Å². The number of piperazine rings is 1. The van der Waals surface area contributed by atoms with Gasteiger partial charge in [-0.25, -0.2) is 4.79 Å². The average Bonchev–Trinajstić information content (AvgIpc) is 2.84. The molecule has 2 atom stereocenters. The van der Waals surface area contributed by atoms with Gasteiger partial charge in [0.1, 0.15) is 12.6 Å². The van der Waals surface area contributed by atoms with Gasteiger partial charge in [0.15, 0.2) is 11.5 Å². The largest absolute Gasteiger partial charge is 0.485 e. The third-order valence-electron chi connectivity index (χ3n) is 5.60. The molecule has 1 saturated heterocycles. The van der Waals surface area contributed by atoms with Crippen molar-refractivity contribution in [1.29, 1.82) is 0 Å². The number of para-hydroxylation sites is 2. The zero-order chi connectivity index (χ0) is 22.5. The number of fused-ring (bicyclic) bond motifs is 1. The van der Waals surface area contributed by atoms with Crippen LogP contribution in [0.1, 0.15) is 11.6 Å². The minimum absolute atomic E-state index is 0.134. The summed E-state index contributed by atoms with van der Waals surface area (Å²) in [6, 6.07) is 15.4. The van der Waals surface area contributed by atoms with Crippen LogP contribution >= 0.6 is 0 Å². The molecule has 2 aliphatic rings. The van der Waals surface area contributed by atoms with E-state index in [2.05, 4.69) is 10.6 Å². The summed E-state index contributed by atoms with van der Waals surface area (Å²) in [7, 11) is 1.46. The Morgan fingerprint density at radius 2 is 1.59 bits per heavy atom. The van der Waals surface area contributed by atoms with E-state index in [-0.39, 0.29) is 12.5 Å². The van der Waals surface area contributed by atoms with Gasteiger partial charge in [-0.15, -0.1) is 0 Å². The molecule has 32 heavy (non-hydrogen) atoms. The van der Waals surface area contributed by atoms with E-state index >= 15 is 0 Å². The van der Waals surface area contributed by atoms with Crippen LogP contribution in [-0.2, 0) is 9.59 Å². The lowest BCUT2D eigenvalue weighted by Crippen LogP contribution is -2.56. The Morgan fingerprint density at radius 1 is 0.938 bits per heavy atom. The van der Waals surface area contributed by atoms with E-state index in [1.165, 1.54) is 7.05 Å². The van der Waals surface area contributed by atoms with Crippen LogP contribution in [0.15, 0.2) is 54.6 Å². The van der Waals surface area contributed by atoms with Crippen LogP contribution in [-0.4, -0.2) is 73.6 Å². The Morgan fingerprint density at radius 3 is 2.28 bits per heavy atom. The summed E-state index contributed by atoms with van der Waals surface area (Å²) in [6.45, 7) is 2.01. The number of nitrogens with one attached hydrogen (secondary N) is 2. The SMILES string of the molecule is CNC(=O)NC(=O)[C@@H](c1ccccc1)N1CCN(C(=O)[C@@H]2COc3ccccc3O2)CC1. The van der Waals surface area contributed by atoms with Gasteiger partial charge >= 0.3 is 6.03 Å². The number of rotatable bonds is 4. The zero-order valence-corrected chi connectivity index (χ0v) is 17.8. The molecular formula is C23H26N4O5. The second-order valence-corrected chi connectivity index (χ2v) is 7.61. The lowest BCUT2D eigenvalue weighted by atomic mass is 10.0. The number of urea groups is 1. The quantitative estimate of drug-likeness (QED) is 0.743. The molecule has 0 saturated carbocycles. The fourth-order valence-electron chi connectivity index (χ4n) is 3.95. The Kier molecular flexibility index (Phi) is 6.55. The minimum Gasteiger partial charge on any atom is -0.485 e. The smallest absolute Gasteiger partial charge is 0.321 e. The number of imide groups is 1. The fourth-order valence-corrected chi connectivity index (χ4v) is 3.95. The molecule has 0 aromatic heterocycles. The number of ether oxygens (including phenoxy) is 2. The van der Waals surface area contributed by atoms with Crippen LogP contribution in [0, 0.1) is 0 Å². The Hall–Kier alpha value is -3.59. The molecule has 2 aliphatic heterocycles. The second kappa shape index (κ2) is 9.69. The second-order valence-electron chi connectivity index (χ2n) is 7.61. The van der Waals surface area contributed by atoms with E-state index in [0.29, 0.717) is 37.7 Å². The van der Waals surface area contributed by atoms with E-state index in [4.69, 9.17) is 9.47 Å². The number of hydrogen-bond acceptors (Lipinski definition) is 6. The van der Waals surface area contributed by atoms with Crippen LogP contribution in [0.5, 0.6) is 11.5 Å². The topological polar surface area (TPSA) is 100 Å². The van der Waals surface area contributed by atoms with Crippen LogP contribution in [0.2, 0.25) is 0 Å². The molecule has 2 heterocycles. The predicted octanol–water partition coefficient (Wildman–Crippen LogP) is 1.17. The number of carbonyl (C=O) groups is 3. The average molecular weight is 438 g/mol. The lowest BCUT2D eigenvalue weighted by molar-refractivity contribution is -0.143. The Balaban J connectivity index is 1.41. The van der Waals surface area contributed by atoms with Crippen molar-refractivity contribution in [2.75, 3.05) is 39.8 Å². The molecule has 0 unspecified atom stereocenters. The first-order valence-electron chi connectivity index (χ1n) is 10.6. The fraction of sp³-hybridized carbons (Fsp3) is 0.348. The molecule has 0 bridgehead atoms. The molecule has 4 amide bonds. The highest BCUT2D eigenvalue weighted by Gasteiger charge is 2.36. The van der Waals surface area contributed by atoms with Gasteiger partial charge in [0, 0.05) is 33.2 Å². The number of amides is 4. The van der Waals surface area contributed by atoms with Crippen molar-refractivity contribution in [3.05, 3.63) is 60.2 Å². The molecule has 0 aliphatic carbocycles. The molecule has 2 aromatic rings. The third-order valence-corrected chi connectivity index (χ3v) is 5.60. The molecule has 2 aromatic carbocycles. The highest BCUT2D eigenvalue weighted by Crippen LogP contribution is 2.31. The van der Waals surface area contributed by atoms with Crippen LogP contribution < -0.4 is 20.1 Å². The van der Waals surface area contributed by atoms with Gasteiger partial charge in [-0.2, -0.15) is 0 Å². The van der Waals surface area contributed by atoms with E-state index in [0.717, 1.165) is 5.56 Å². The first-order chi connectivity index (χ1) is 15.6. The molecule has 4 rings (SSSR count). The Bertz CT molecular complexity index is 975. The summed E-state index contributed by atoms with van der Waals surface area (Å²) in [6.07, 6.45) is -0.696. The van der Waals surface area contributed by atoms with Gasteiger partial charge in [0.2, 0.25) is 12.0 Å². The summed E-state index contributed by atoms with van der Waals surface area (Å²) in [4.78, 5) is 41.3. The van der Waals surface area contributed by atoms with E-state index < -0.39 is 24.1 Å². The molecule has 9 heteroatoms. The van der Waals surface area contributed by atoms with Crippen molar-refractivity contribution in [3.8, 4) is 11.5 Å². The van der Waals surface area contributed by atoms with Gasteiger partial charge < -0.3 is 19.7 Å².